The molecule has 0 bridgehead atoms. The number of rotatable bonds is 3. The van der Waals surface area contributed by atoms with E-state index in [-0.39, 0.29) is 6.61 Å². The van der Waals surface area contributed by atoms with Crippen molar-refractivity contribution in [3.05, 3.63) is 35.5 Å². The van der Waals surface area contributed by atoms with Crippen molar-refractivity contribution in [1.29, 1.82) is 0 Å². The van der Waals surface area contributed by atoms with E-state index in [1.54, 1.807) is 0 Å². The van der Waals surface area contributed by atoms with E-state index in [0.29, 0.717) is 0 Å². The second-order valence-corrected chi connectivity index (χ2v) is 4.06. The summed E-state index contributed by atoms with van der Waals surface area (Å²) >= 11 is 0. The zero-order valence-corrected chi connectivity index (χ0v) is 9.33. The van der Waals surface area contributed by atoms with Gasteiger partial charge in [0.15, 0.2) is 0 Å². The molecule has 0 aliphatic heterocycles. The third-order valence-corrected chi connectivity index (χ3v) is 2.89. The molecule has 0 atom stereocenters. The van der Waals surface area contributed by atoms with Crippen molar-refractivity contribution in [1.82, 2.24) is 4.57 Å². The Balaban J connectivity index is 2.53. The molecule has 0 saturated heterocycles. The highest BCUT2D eigenvalue weighted by atomic mass is 16.2. The van der Waals surface area contributed by atoms with E-state index < -0.39 is 0 Å². The minimum Gasteiger partial charge on any atom is -0.396 e. The lowest BCUT2D eigenvalue weighted by Crippen LogP contribution is -1.87. The van der Waals surface area contributed by atoms with Gasteiger partial charge >= 0.3 is 0 Å². The van der Waals surface area contributed by atoms with Crippen LogP contribution in [0.2, 0.25) is 0 Å². The Hall–Kier alpha value is -1.28. The van der Waals surface area contributed by atoms with Gasteiger partial charge in [0, 0.05) is 25.2 Å². The van der Waals surface area contributed by atoms with Crippen molar-refractivity contribution in [2.45, 2.75) is 19.8 Å². The molecular formula is C13H17NO. The number of hydrogen-bond donors (Lipinski definition) is 1. The van der Waals surface area contributed by atoms with E-state index in [2.05, 4.69) is 42.9 Å². The molecule has 2 rings (SSSR count). The molecule has 0 radical (unpaired) electrons. The van der Waals surface area contributed by atoms with Crippen molar-refractivity contribution in [3.8, 4) is 0 Å². The van der Waals surface area contributed by atoms with E-state index in [1.807, 2.05) is 0 Å². The summed E-state index contributed by atoms with van der Waals surface area (Å²) in [6, 6.07) is 6.40. The van der Waals surface area contributed by atoms with Gasteiger partial charge in [-0.2, -0.15) is 0 Å². The van der Waals surface area contributed by atoms with Crippen molar-refractivity contribution in [2.24, 2.45) is 7.05 Å². The highest BCUT2D eigenvalue weighted by molar-refractivity contribution is 5.86. The van der Waals surface area contributed by atoms with Gasteiger partial charge in [-0.3, -0.25) is 0 Å². The quantitative estimate of drug-likeness (QED) is 0.814. The van der Waals surface area contributed by atoms with Crippen molar-refractivity contribution in [2.75, 3.05) is 6.61 Å². The summed E-state index contributed by atoms with van der Waals surface area (Å²) in [5.74, 6) is 0. The molecule has 0 amide bonds. The van der Waals surface area contributed by atoms with E-state index in [9.17, 15) is 0 Å². The Morgan fingerprint density at radius 3 is 2.87 bits per heavy atom. The maximum absolute atomic E-state index is 8.85. The fraction of sp³-hybridized carbons (Fsp3) is 0.385. The Kier molecular flexibility index (Phi) is 2.78. The first-order chi connectivity index (χ1) is 7.24. The lowest BCUT2D eigenvalue weighted by molar-refractivity contribution is 0.288. The van der Waals surface area contributed by atoms with Crippen LogP contribution in [0.3, 0.4) is 0 Å². The second-order valence-electron chi connectivity index (χ2n) is 4.06. The Morgan fingerprint density at radius 1 is 1.33 bits per heavy atom. The number of aliphatic hydroxyl groups excluding tert-OH is 1. The maximum Gasteiger partial charge on any atom is 0.0510 e. The predicted molar refractivity (Wildman–Crippen MR) is 63.1 cm³/mol. The fourth-order valence-electron chi connectivity index (χ4n) is 2.22. The molecule has 15 heavy (non-hydrogen) atoms. The Morgan fingerprint density at radius 2 is 2.13 bits per heavy atom. The van der Waals surface area contributed by atoms with Gasteiger partial charge in [-0.1, -0.05) is 18.2 Å². The number of hydrogen-bond acceptors (Lipinski definition) is 1. The molecule has 1 heterocycles. The van der Waals surface area contributed by atoms with Gasteiger partial charge in [-0.15, -0.1) is 0 Å². The molecule has 0 saturated carbocycles. The highest BCUT2D eigenvalue weighted by Crippen LogP contribution is 2.24. The molecule has 0 unspecified atom stereocenters. The first kappa shape index (κ1) is 10.2. The molecule has 0 spiro atoms. The van der Waals surface area contributed by atoms with Gasteiger partial charge in [0.2, 0.25) is 0 Å². The predicted octanol–water partition coefficient (Wildman–Crippen LogP) is 2.41. The van der Waals surface area contributed by atoms with E-state index in [0.717, 1.165) is 12.8 Å². The zero-order chi connectivity index (χ0) is 10.8. The van der Waals surface area contributed by atoms with Crippen LogP contribution in [0.4, 0.5) is 0 Å². The largest absolute Gasteiger partial charge is 0.396 e. The normalized spacial score (nSPS) is 11.1. The minimum absolute atomic E-state index is 0.266. The summed E-state index contributed by atoms with van der Waals surface area (Å²) in [6.07, 6.45) is 3.97. The average Bonchev–Trinajstić information content (AvgIpc) is 2.54. The number of para-hydroxylation sites is 1. The van der Waals surface area contributed by atoms with Crippen LogP contribution in [0.1, 0.15) is 17.5 Å². The monoisotopic (exact) mass is 203 g/mol. The van der Waals surface area contributed by atoms with Gasteiger partial charge in [0.25, 0.3) is 0 Å². The Bertz CT molecular complexity index is 471. The van der Waals surface area contributed by atoms with E-state index >= 15 is 0 Å². The van der Waals surface area contributed by atoms with E-state index in [4.69, 9.17) is 5.11 Å². The first-order valence-corrected chi connectivity index (χ1v) is 5.38. The number of aromatic nitrogens is 1. The summed E-state index contributed by atoms with van der Waals surface area (Å²) in [6.45, 7) is 2.40. The standard InChI is InChI=1S/C13H17NO/c1-10-5-3-7-12-11(6-4-8-15)9-14(2)13(10)12/h3,5,7,9,15H,4,6,8H2,1-2H3. The SMILES string of the molecule is Cc1cccc2c(CCCO)cn(C)c12. The van der Waals surface area contributed by atoms with Gasteiger partial charge in [0.05, 0.1) is 5.52 Å². The van der Waals surface area contributed by atoms with Crippen LogP contribution < -0.4 is 0 Å². The number of fused-ring (bicyclic) bond motifs is 1. The van der Waals surface area contributed by atoms with Crippen LogP contribution in [0.5, 0.6) is 0 Å². The van der Waals surface area contributed by atoms with Gasteiger partial charge in [-0.25, -0.2) is 0 Å². The molecule has 2 heteroatoms. The topological polar surface area (TPSA) is 25.2 Å². The summed E-state index contributed by atoms with van der Waals surface area (Å²) in [4.78, 5) is 0. The summed E-state index contributed by atoms with van der Waals surface area (Å²) in [5, 5.41) is 10.2. The number of benzene rings is 1. The van der Waals surface area contributed by atoms with Crippen LogP contribution >= 0.6 is 0 Å². The molecule has 1 N–H and O–H groups in total. The maximum atomic E-state index is 8.85. The molecular weight excluding hydrogens is 186 g/mol. The van der Waals surface area contributed by atoms with Crippen LogP contribution in [0.15, 0.2) is 24.4 Å². The number of aryl methyl sites for hydroxylation is 3. The molecule has 1 aromatic heterocycles. The average molecular weight is 203 g/mol. The third-order valence-electron chi connectivity index (χ3n) is 2.89. The van der Waals surface area contributed by atoms with Crippen molar-refractivity contribution in [3.63, 3.8) is 0 Å². The van der Waals surface area contributed by atoms with Gasteiger partial charge in [-0.05, 0) is 30.9 Å². The lowest BCUT2D eigenvalue weighted by Gasteiger charge is -2.00. The summed E-state index contributed by atoms with van der Waals surface area (Å²) in [5.41, 5.74) is 3.96. The van der Waals surface area contributed by atoms with Gasteiger partial charge in [0.1, 0.15) is 0 Å². The smallest absolute Gasteiger partial charge is 0.0510 e. The lowest BCUT2D eigenvalue weighted by atomic mass is 10.1. The number of aliphatic hydroxyl groups is 1. The van der Waals surface area contributed by atoms with Crippen molar-refractivity contribution >= 4 is 10.9 Å². The molecule has 0 aliphatic carbocycles. The minimum atomic E-state index is 0.266. The molecule has 2 nitrogen and oxygen atoms in total. The van der Waals surface area contributed by atoms with Gasteiger partial charge < -0.3 is 9.67 Å². The molecule has 2 aromatic rings. The van der Waals surface area contributed by atoms with Crippen molar-refractivity contribution < 1.29 is 5.11 Å². The molecule has 1 aromatic carbocycles. The van der Waals surface area contributed by atoms with Crippen LogP contribution in [-0.4, -0.2) is 16.3 Å². The fourth-order valence-corrected chi connectivity index (χ4v) is 2.22. The second kappa shape index (κ2) is 4.07. The summed E-state index contributed by atoms with van der Waals surface area (Å²) in [7, 11) is 2.08. The van der Waals surface area contributed by atoms with Crippen LogP contribution in [0.25, 0.3) is 10.9 Å². The first-order valence-electron chi connectivity index (χ1n) is 5.38. The zero-order valence-electron chi connectivity index (χ0n) is 9.33. The number of nitrogens with zero attached hydrogens (tertiary/aromatic N) is 1. The van der Waals surface area contributed by atoms with Crippen LogP contribution in [0, 0.1) is 6.92 Å². The highest BCUT2D eigenvalue weighted by Gasteiger charge is 2.07. The third kappa shape index (κ3) is 1.77. The molecule has 80 valence electrons. The van der Waals surface area contributed by atoms with E-state index in [1.165, 1.54) is 22.0 Å². The Labute approximate surface area is 90.2 Å². The molecule has 0 fully saturated rings. The summed E-state index contributed by atoms with van der Waals surface area (Å²) < 4.78 is 2.18. The van der Waals surface area contributed by atoms with Crippen LogP contribution in [-0.2, 0) is 13.5 Å². The molecule has 0 aliphatic rings.